The van der Waals surface area contributed by atoms with Crippen molar-refractivity contribution in [2.75, 3.05) is 23.8 Å². The second kappa shape index (κ2) is 7.23. The van der Waals surface area contributed by atoms with Gasteiger partial charge in [0.15, 0.2) is 0 Å². The van der Waals surface area contributed by atoms with E-state index in [1.165, 1.54) is 50.7 Å². The molecule has 2 aromatic rings. The van der Waals surface area contributed by atoms with Crippen molar-refractivity contribution in [1.29, 1.82) is 0 Å². The van der Waals surface area contributed by atoms with Crippen LogP contribution in [0.1, 0.15) is 12.8 Å². The summed E-state index contributed by atoms with van der Waals surface area (Å²) in [5.41, 5.74) is 0.396. The van der Waals surface area contributed by atoms with Crippen molar-refractivity contribution in [3.8, 4) is 11.6 Å². The van der Waals surface area contributed by atoms with Gasteiger partial charge >= 0.3 is 0 Å². The molecule has 2 amide bonds. The van der Waals surface area contributed by atoms with Gasteiger partial charge in [-0.3, -0.25) is 19.2 Å². The number of benzene rings is 1. The summed E-state index contributed by atoms with van der Waals surface area (Å²) in [6.45, 7) is 0. The van der Waals surface area contributed by atoms with E-state index in [9.17, 15) is 18.0 Å². The minimum atomic E-state index is -4.07. The number of methoxy groups -OCH3 is 2. The van der Waals surface area contributed by atoms with Crippen molar-refractivity contribution in [2.45, 2.75) is 17.7 Å². The van der Waals surface area contributed by atoms with Gasteiger partial charge in [-0.1, -0.05) is 0 Å². The summed E-state index contributed by atoms with van der Waals surface area (Å²) >= 11 is 0. The van der Waals surface area contributed by atoms with E-state index in [0.717, 1.165) is 4.90 Å². The molecule has 0 atom stereocenters. The Morgan fingerprint density at radius 2 is 1.74 bits per heavy atom. The quantitative estimate of drug-likeness (QED) is 0.743. The standard InChI is InChI=1S/C17H17N3O6S/c1-25-13-5-4-12(20-16(21)7-8-17(20)22)9-14(13)27(23,24)19-11-3-6-15(26-2)18-10-11/h3-6,9-10,19H,7-8H2,1-2H3. The lowest BCUT2D eigenvalue weighted by atomic mass is 10.2. The van der Waals surface area contributed by atoms with Crippen molar-refractivity contribution < 1.29 is 27.5 Å². The first-order valence-corrected chi connectivity index (χ1v) is 9.40. The van der Waals surface area contributed by atoms with Crippen LogP contribution in [0.2, 0.25) is 0 Å². The maximum Gasteiger partial charge on any atom is 0.265 e. The van der Waals surface area contributed by atoms with E-state index < -0.39 is 10.0 Å². The molecule has 9 nitrogen and oxygen atoms in total. The number of pyridine rings is 1. The van der Waals surface area contributed by atoms with Crippen LogP contribution in [0.4, 0.5) is 11.4 Å². The second-order valence-corrected chi connectivity index (χ2v) is 7.30. The predicted octanol–water partition coefficient (Wildman–Crippen LogP) is 1.55. The number of amides is 2. The van der Waals surface area contributed by atoms with Crippen molar-refractivity contribution >= 4 is 33.2 Å². The molecule has 1 saturated heterocycles. The molecule has 0 unspecified atom stereocenters. The fourth-order valence-electron chi connectivity index (χ4n) is 2.65. The van der Waals surface area contributed by atoms with Gasteiger partial charge in [0.2, 0.25) is 17.7 Å². The molecule has 1 aromatic heterocycles. The highest BCUT2D eigenvalue weighted by molar-refractivity contribution is 7.92. The Hall–Kier alpha value is -3.14. The summed E-state index contributed by atoms with van der Waals surface area (Å²) < 4.78 is 38.1. The average molecular weight is 391 g/mol. The summed E-state index contributed by atoms with van der Waals surface area (Å²) in [4.78, 5) is 28.6. The maximum absolute atomic E-state index is 12.8. The lowest BCUT2D eigenvalue weighted by Gasteiger charge is -2.17. The molecule has 2 heterocycles. The van der Waals surface area contributed by atoms with Crippen LogP contribution in [-0.4, -0.2) is 39.4 Å². The van der Waals surface area contributed by atoms with E-state index in [0.29, 0.717) is 5.88 Å². The highest BCUT2D eigenvalue weighted by Crippen LogP contribution is 2.32. The molecule has 0 radical (unpaired) electrons. The Kier molecular flexibility index (Phi) is 5.00. The number of anilines is 2. The third-order valence-corrected chi connectivity index (χ3v) is 5.35. The molecule has 0 saturated carbocycles. The van der Waals surface area contributed by atoms with Crippen molar-refractivity contribution in [3.05, 3.63) is 36.5 Å². The van der Waals surface area contributed by atoms with Gasteiger partial charge in [-0.25, -0.2) is 13.4 Å². The van der Waals surface area contributed by atoms with Crippen LogP contribution in [0.25, 0.3) is 0 Å². The molecular weight excluding hydrogens is 374 g/mol. The van der Waals surface area contributed by atoms with Crippen LogP contribution in [0.5, 0.6) is 11.6 Å². The first kappa shape index (κ1) is 18.6. The van der Waals surface area contributed by atoms with Crippen LogP contribution < -0.4 is 19.1 Å². The lowest BCUT2D eigenvalue weighted by Crippen LogP contribution is -2.28. The molecule has 3 rings (SSSR count). The summed E-state index contributed by atoms with van der Waals surface area (Å²) in [5, 5.41) is 0. The minimum Gasteiger partial charge on any atom is -0.495 e. The van der Waals surface area contributed by atoms with E-state index >= 15 is 0 Å². The highest BCUT2D eigenvalue weighted by atomic mass is 32.2. The number of sulfonamides is 1. The third-order valence-electron chi connectivity index (χ3n) is 3.94. The monoisotopic (exact) mass is 391 g/mol. The Bertz CT molecular complexity index is 972. The predicted molar refractivity (Wildman–Crippen MR) is 96.3 cm³/mol. The van der Waals surface area contributed by atoms with Crippen LogP contribution >= 0.6 is 0 Å². The zero-order valence-electron chi connectivity index (χ0n) is 14.6. The minimum absolute atomic E-state index is 0.0758. The summed E-state index contributed by atoms with van der Waals surface area (Å²) in [7, 11) is -1.29. The average Bonchev–Trinajstić information content (AvgIpc) is 3.00. The molecular formula is C17H17N3O6S. The number of carbonyl (C=O) groups excluding carboxylic acids is 2. The Morgan fingerprint density at radius 1 is 1.04 bits per heavy atom. The molecule has 1 aromatic carbocycles. The largest absolute Gasteiger partial charge is 0.495 e. The van der Waals surface area contributed by atoms with Crippen LogP contribution in [0, 0.1) is 0 Å². The van der Waals surface area contributed by atoms with E-state index in [2.05, 4.69) is 9.71 Å². The molecule has 1 N–H and O–H groups in total. The first-order valence-electron chi connectivity index (χ1n) is 7.92. The normalized spacial score (nSPS) is 14.4. The Balaban J connectivity index is 1.98. The highest BCUT2D eigenvalue weighted by Gasteiger charge is 2.32. The maximum atomic E-state index is 12.8. The zero-order chi connectivity index (χ0) is 19.6. The van der Waals surface area contributed by atoms with E-state index in [1.807, 2.05) is 0 Å². The number of nitrogens with one attached hydrogen (secondary N) is 1. The van der Waals surface area contributed by atoms with Crippen molar-refractivity contribution in [3.63, 3.8) is 0 Å². The van der Waals surface area contributed by atoms with Gasteiger partial charge in [-0.15, -0.1) is 0 Å². The smallest absolute Gasteiger partial charge is 0.265 e. The Labute approximate surface area is 156 Å². The van der Waals surface area contributed by atoms with Crippen molar-refractivity contribution in [1.82, 2.24) is 4.98 Å². The molecule has 1 fully saturated rings. The number of aromatic nitrogens is 1. The molecule has 27 heavy (non-hydrogen) atoms. The molecule has 0 spiro atoms. The molecule has 0 aliphatic carbocycles. The molecule has 1 aliphatic rings. The van der Waals surface area contributed by atoms with E-state index in [1.54, 1.807) is 0 Å². The van der Waals surface area contributed by atoms with E-state index in [4.69, 9.17) is 9.47 Å². The van der Waals surface area contributed by atoms with Crippen LogP contribution in [0.15, 0.2) is 41.4 Å². The lowest BCUT2D eigenvalue weighted by molar-refractivity contribution is -0.121. The van der Waals surface area contributed by atoms with Gasteiger partial charge in [0, 0.05) is 18.9 Å². The number of imide groups is 1. The first-order chi connectivity index (χ1) is 12.9. The molecule has 1 aliphatic heterocycles. The topological polar surface area (TPSA) is 115 Å². The molecule has 142 valence electrons. The number of hydrogen-bond donors (Lipinski definition) is 1. The van der Waals surface area contributed by atoms with Gasteiger partial charge in [0.05, 0.1) is 31.8 Å². The van der Waals surface area contributed by atoms with Gasteiger partial charge < -0.3 is 9.47 Å². The van der Waals surface area contributed by atoms with Gasteiger partial charge in [-0.05, 0) is 24.3 Å². The SMILES string of the molecule is COc1ccc(NS(=O)(=O)c2cc(N3C(=O)CCC3=O)ccc2OC)cn1. The van der Waals surface area contributed by atoms with Gasteiger partial charge in [0.1, 0.15) is 10.6 Å². The molecule has 0 bridgehead atoms. The number of ether oxygens (including phenoxy) is 2. The number of carbonyl (C=O) groups is 2. The second-order valence-electron chi connectivity index (χ2n) is 5.65. The number of rotatable bonds is 6. The third kappa shape index (κ3) is 3.70. The number of nitrogens with zero attached hydrogens (tertiary/aromatic N) is 2. The molecule has 10 heteroatoms. The van der Waals surface area contributed by atoms with E-state index in [-0.39, 0.29) is 46.7 Å². The van der Waals surface area contributed by atoms with Gasteiger partial charge in [0.25, 0.3) is 10.0 Å². The van der Waals surface area contributed by atoms with Crippen LogP contribution in [0.3, 0.4) is 0 Å². The zero-order valence-corrected chi connectivity index (χ0v) is 15.4. The number of hydrogen-bond acceptors (Lipinski definition) is 7. The summed E-state index contributed by atoms with van der Waals surface area (Å²) in [6, 6.07) is 7.10. The fraction of sp³-hybridized carbons (Fsp3) is 0.235. The Morgan fingerprint density at radius 3 is 2.30 bits per heavy atom. The van der Waals surface area contributed by atoms with Crippen molar-refractivity contribution in [2.24, 2.45) is 0 Å². The van der Waals surface area contributed by atoms with Gasteiger partial charge in [-0.2, -0.15) is 0 Å². The van der Waals surface area contributed by atoms with Crippen LogP contribution in [-0.2, 0) is 19.6 Å². The fourth-order valence-corrected chi connectivity index (χ4v) is 3.88. The summed E-state index contributed by atoms with van der Waals surface area (Å²) in [6.07, 6.45) is 1.51. The summed E-state index contributed by atoms with van der Waals surface area (Å²) in [5.74, 6) is -0.336.